The fraction of sp³-hybridized carbons (Fsp3) is 0.263. The summed E-state index contributed by atoms with van der Waals surface area (Å²) in [5, 5.41) is 9.56. The van der Waals surface area contributed by atoms with Gasteiger partial charge in [-0.3, -0.25) is 9.59 Å². The van der Waals surface area contributed by atoms with E-state index in [0.717, 1.165) is 4.88 Å². The quantitative estimate of drug-likeness (QED) is 0.659. The van der Waals surface area contributed by atoms with Crippen LogP contribution in [0.4, 0.5) is 0 Å². The molecular formula is C19H19N3O4S. The van der Waals surface area contributed by atoms with Crippen LogP contribution in [-0.2, 0) is 16.1 Å². The van der Waals surface area contributed by atoms with Crippen molar-refractivity contribution in [2.75, 3.05) is 6.61 Å². The molecule has 0 fully saturated rings. The zero-order valence-corrected chi connectivity index (χ0v) is 15.8. The second kappa shape index (κ2) is 8.13. The van der Waals surface area contributed by atoms with E-state index < -0.39 is 18.5 Å². The zero-order chi connectivity index (χ0) is 19.4. The molecular weight excluding hydrogens is 366 g/mol. The minimum atomic E-state index is -0.744. The van der Waals surface area contributed by atoms with Crippen molar-refractivity contribution in [3.05, 3.63) is 62.7 Å². The largest absolute Gasteiger partial charge is 0.451 e. The van der Waals surface area contributed by atoms with Crippen molar-refractivity contribution in [2.24, 2.45) is 0 Å². The molecule has 0 atom stereocenters. The maximum absolute atomic E-state index is 12.5. The van der Waals surface area contributed by atoms with Gasteiger partial charge in [0.1, 0.15) is 0 Å². The number of benzene rings is 1. The van der Waals surface area contributed by atoms with Gasteiger partial charge in [-0.2, -0.15) is 5.10 Å². The van der Waals surface area contributed by atoms with Crippen LogP contribution in [0.15, 0.2) is 46.6 Å². The summed E-state index contributed by atoms with van der Waals surface area (Å²) in [6.45, 7) is 3.57. The van der Waals surface area contributed by atoms with Crippen molar-refractivity contribution in [2.45, 2.75) is 26.4 Å². The zero-order valence-electron chi connectivity index (χ0n) is 15.0. The van der Waals surface area contributed by atoms with Gasteiger partial charge < -0.3 is 10.1 Å². The monoisotopic (exact) mass is 385 g/mol. The number of amides is 1. The molecule has 0 saturated heterocycles. The second-order valence-corrected chi connectivity index (χ2v) is 7.20. The summed E-state index contributed by atoms with van der Waals surface area (Å²) < 4.78 is 6.36. The molecule has 0 aliphatic carbocycles. The Morgan fingerprint density at radius 3 is 2.59 bits per heavy atom. The molecule has 2 aromatic heterocycles. The molecule has 27 heavy (non-hydrogen) atoms. The van der Waals surface area contributed by atoms with Crippen molar-refractivity contribution in [3.8, 4) is 0 Å². The van der Waals surface area contributed by atoms with Crippen LogP contribution >= 0.6 is 11.3 Å². The third kappa shape index (κ3) is 4.22. The normalized spacial score (nSPS) is 10.9. The Kier molecular flexibility index (Phi) is 5.66. The number of nitrogens with one attached hydrogen (secondary N) is 1. The van der Waals surface area contributed by atoms with Gasteiger partial charge in [0.15, 0.2) is 12.3 Å². The van der Waals surface area contributed by atoms with Crippen LogP contribution in [0.25, 0.3) is 10.8 Å². The molecule has 0 aliphatic rings. The SMILES string of the molecule is CC(C)n1nc(C(=O)OCC(=O)NCc2cccs2)c2ccccc2c1=O. The van der Waals surface area contributed by atoms with Crippen molar-refractivity contribution in [1.29, 1.82) is 0 Å². The molecule has 1 N–H and O–H groups in total. The molecule has 1 aromatic carbocycles. The Morgan fingerprint density at radius 1 is 1.19 bits per heavy atom. The van der Waals surface area contributed by atoms with Crippen LogP contribution in [-0.4, -0.2) is 28.3 Å². The number of carbonyl (C=O) groups is 2. The summed E-state index contributed by atoms with van der Waals surface area (Å²) in [7, 11) is 0. The topological polar surface area (TPSA) is 90.3 Å². The average Bonchev–Trinajstić information content (AvgIpc) is 3.18. The third-order valence-electron chi connectivity index (χ3n) is 3.89. The smallest absolute Gasteiger partial charge is 0.359 e. The molecule has 140 valence electrons. The summed E-state index contributed by atoms with van der Waals surface area (Å²) in [4.78, 5) is 37.9. The van der Waals surface area contributed by atoms with E-state index in [1.165, 1.54) is 16.0 Å². The maximum Gasteiger partial charge on any atom is 0.359 e. The summed E-state index contributed by atoms with van der Waals surface area (Å²) in [5.74, 6) is -1.15. The first-order valence-corrected chi connectivity index (χ1v) is 9.33. The minimum Gasteiger partial charge on any atom is -0.451 e. The maximum atomic E-state index is 12.5. The summed E-state index contributed by atoms with van der Waals surface area (Å²) in [6.07, 6.45) is 0. The van der Waals surface area contributed by atoms with Gasteiger partial charge in [-0.1, -0.05) is 24.3 Å². The van der Waals surface area contributed by atoms with Crippen LogP contribution in [0.5, 0.6) is 0 Å². The van der Waals surface area contributed by atoms with Crippen LogP contribution < -0.4 is 10.9 Å². The highest BCUT2D eigenvalue weighted by atomic mass is 32.1. The first-order chi connectivity index (χ1) is 13.0. The van der Waals surface area contributed by atoms with Crippen molar-refractivity contribution >= 4 is 34.0 Å². The van der Waals surface area contributed by atoms with Crippen molar-refractivity contribution < 1.29 is 14.3 Å². The van der Waals surface area contributed by atoms with E-state index >= 15 is 0 Å². The highest BCUT2D eigenvalue weighted by molar-refractivity contribution is 7.09. The lowest BCUT2D eigenvalue weighted by atomic mass is 10.1. The van der Waals surface area contributed by atoms with Gasteiger partial charge in [0.25, 0.3) is 11.5 Å². The molecule has 2 heterocycles. The van der Waals surface area contributed by atoms with Crippen LogP contribution in [0.3, 0.4) is 0 Å². The Bertz CT molecular complexity index is 1030. The van der Waals surface area contributed by atoms with Gasteiger partial charge in [-0.05, 0) is 31.4 Å². The highest BCUT2D eigenvalue weighted by Gasteiger charge is 2.19. The number of esters is 1. The Morgan fingerprint density at radius 2 is 1.93 bits per heavy atom. The summed E-state index contributed by atoms with van der Waals surface area (Å²) in [6, 6.07) is 10.3. The number of carbonyl (C=O) groups excluding carboxylic acids is 2. The molecule has 0 aliphatic heterocycles. The summed E-state index contributed by atoms with van der Waals surface area (Å²) >= 11 is 1.53. The van der Waals surface area contributed by atoms with E-state index in [2.05, 4.69) is 10.4 Å². The first-order valence-electron chi connectivity index (χ1n) is 8.45. The molecule has 8 heteroatoms. The number of rotatable bonds is 6. The highest BCUT2D eigenvalue weighted by Crippen LogP contribution is 2.15. The number of fused-ring (bicyclic) bond motifs is 1. The van der Waals surface area contributed by atoms with Gasteiger partial charge in [-0.25, -0.2) is 9.48 Å². The van der Waals surface area contributed by atoms with Gasteiger partial charge in [-0.15, -0.1) is 11.3 Å². The average molecular weight is 385 g/mol. The predicted molar refractivity (Wildman–Crippen MR) is 103 cm³/mol. The van der Waals surface area contributed by atoms with Crippen LogP contribution in [0.1, 0.15) is 35.3 Å². The predicted octanol–water partition coefficient (Wildman–Crippen LogP) is 2.51. The number of hydrogen-bond donors (Lipinski definition) is 1. The Balaban J connectivity index is 1.76. The molecule has 1 amide bonds. The lowest BCUT2D eigenvalue weighted by molar-refractivity contribution is -0.124. The van der Waals surface area contributed by atoms with Crippen LogP contribution in [0.2, 0.25) is 0 Å². The second-order valence-electron chi connectivity index (χ2n) is 6.17. The molecule has 0 spiro atoms. The lowest BCUT2D eigenvalue weighted by Crippen LogP contribution is -2.30. The Labute approximate surface area is 159 Å². The number of aromatic nitrogens is 2. The Hall–Kier alpha value is -3.00. The molecule has 7 nitrogen and oxygen atoms in total. The van der Waals surface area contributed by atoms with Gasteiger partial charge in [0.2, 0.25) is 0 Å². The molecule has 3 rings (SSSR count). The van der Waals surface area contributed by atoms with E-state index in [-0.39, 0.29) is 17.3 Å². The molecule has 0 radical (unpaired) electrons. The van der Waals surface area contributed by atoms with E-state index in [1.807, 2.05) is 17.5 Å². The fourth-order valence-corrected chi connectivity index (χ4v) is 3.20. The summed E-state index contributed by atoms with van der Waals surface area (Å²) in [5.41, 5.74) is -0.254. The minimum absolute atomic E-state index is 0.0185. The number of nitrogens with zero attached hydrogens (tertiary/aromatic N) is 2. The number of hydrogen-bond acceptors (Lipinski definition) is 6. The van der Waals surface area contributed by atoms with E-state index in [9.17, 15) is 14.4 Å². The molecule has 0 unspecified atom stereocenters. The van der Waals surface area contributed by atoms with Crippen molar-refractivity contribution in [1.82, 2.24) is 15.1 Å². The van der Waals surface area contributed by atoms with E-state index in [4.69, 9.17) is 4.74 Å². The van der Waals surface area contributed by atoms with E-state index in [0.29, 0.717) is 17.3 Å². The van der Waals surface area contributed by atoms with Gasteiger partial charge >= 0.3 is 5.97 Å². The lowest BCUT2D eigenvalue weighted by Gasteiger charge is -2.13. The van der Waals surface area contributed by atoms with E-state index in [1.54, 1.807) is 38.1 Å². The first kappa shape index (κ1) is 18.8. The fourth-order valence-electron chi connectivity index (χ4n) is 2.56. The van der Waals surface area contributed by atoms with Gasteiger partial charge in [0.05, 0.1) is 18.0 Å². The van der Waals surface area contributed by atoms with Crippen LogP contribution in [0, 0.1) is 0 Å². The molecule has 3 aromatic rings. The third-order valence-corrected chi connectivity index (χ3v) is 4.76. The van der Waals surface area contributed by atoms with Gasteiger partial charge in [0, 0.05) is 10.3 Å². The molecule has 0 bridgehead atoms. The number of thiophene rings is 1. The number of ether oxygens (including phenoxy) is 1. The van der Waals surface area contributed by atoms with Crippen molar-refractivity contribution in [3.63, 3.8) is 0 Å². The standard InChI is InChI=1S/C19H19N3O4S/c1-12(2)22-18(24)15-8-4-3-7-14(15)17(21-22)19(25)26-11-16(23)20-10-13-6-5-9-27-13/h3-9,12H,10-11H2,1-2H3,(H,20,23). The molecule has 0 saturated carbocycles.